The van der Waals surface area contributed by atoms with Crippen molar-refractivity contribution >= 4 is 15.9 Å². The lowest BCUT2D eigenvalue weighted by Crippen LogP contribution is -2.53. The summed E-state index contributed by atoms with van der Waals surface area (Å²) in [6, 6.07) is 0. The number of carbonyl (C=O) groups is 1. The van der Waals surface area contributed by atoms with E-state index < -0.39 is 10.0 Å². The molecule has 2 aliphatic heterocycles. The highest BCUT2D eigenvalue weighted by Crippen LogP contribution is 2.16. The molecule has 20 heavy (non-hydrogen) atoms. The first-order valence-electron chi connectivity index (χ1n) is 6.92. The maximum atomic E-state index is 12.1. The van der Waals surface area contributed by atoms with E-state index in [-0.39, 0.29) is 24.4 Å². The second kappa shape index (κ2) is 6.84. The van der Waals surface area contributed by atoms with Crippen LogP contribution in [0.15, 0.2) is 0 Å². The molecule has 2 saturated heterocycles. The van der Waals surface area contributed by atoms with Crippen LogP contribution < -0.4 is 0 Å². The first-order chi connectivity index (χ1) is 9.54. The van der Waals surface area contributed by atoms with Gasteiger partial charge in [-0.3, -0.25) is 4.79 Å². The quantitative estimate of drug-likeness (QED) is 0.670. The predicted octanol–water partition coefficient (Wildman–Crippen LogP) is -0.714. The molecular weight excluding hydrogens is 284 g/mol. The van der Waals surface area contributed by atoms with Crippen molar-refractivity contribution in [3.05, 3.63) is 0 Å². The molecule has 7 nitrogen and oxygen atoms in total. The predicted molar refractivity (Wildman–Crippen MR) is 72.8 cm³/mol. The van der Waals surface area contributed by atoms with Crippen molar-refractivity contribution in [3.8, 4) is 0 Å². The molecule has 0 aromatic rings. The molecule has 0 saturated carbocycles. The lowest BCUT2D eigenvalue weighted by atomic mass is 10.2. The summed E-state index contributed by atoms with van der Waals surface area (Å²) < 4.78 is 35.6. The summed E-state index contributed by atoms with van der Waals surface area (Å²) >= 11 is 0. The number of carbonyl (C=O) groups excluding carboxylic acids is 1. The van der Waals surface area contributed by atoms with Gasteiger partial charge in [0.05, 0.1) is 12.4 Å². The van der Waals surface area contributed by atoms with Crippen molar-refractivity contribution in [2.45, 2.75) is 18.9 Å². The van der Waals surface area contributed by atoms with E-state index in [1.165, 1.54) is 11.4 Å². The summed E-state index contributed by atoms with van der Waals surface area (Å²) in [6.45, 7) is 2.41. The van der Waals surface area contributed by atoms with Gasteiger partial charge in [0.15, 0.2) is 0 Å². The van der Waals surface area contributed by atoms with E-state index in [4.69, 9.17) is 9.47 Å². The van der Waals surface area contributed by atoms with Crippen molar-refractivity contribution in [2.24, 2.45) is 0 Å². The Morgan fingerprint density at radius 3 is 2.55 bits per heavy atom. The van der Waals surface area contributed by atoms with E-state index in [0.717, 1.165) is 12.8 Å². The van der Waals surface area contributed by atoms with Crippen LogP contribution in [0, 0.1) is 0 Å². The van der Waals surface area contributed by atoms with Crippen molar-refractivity contribution in [3.63, 3.8) is 0 Å². The number of nitrogens with zero attached hydrogens (tertiary/aromatic N) is 2. The van der Waals surface area contributed by atoms with Crippen LogP contribution in [0.3, 0.4) is 0 Å². The second-order valence-electron chi connectivity index (χ2n) is 5.03. The van der Waals surface area contributed by atoms with Crippen molar-refractivity contribution in [1.29, 1.82) is 0 Å². The fourth-order valence-electron chi connectivity index (χ4n) is 2.48. The zero-order valence-corrected chi connectivity index (χ0v) is 12.6. The molecule has 8 heteroatoms. The van der Waals surface area contributed by atoms with Crippen LogP contribution in [-0.2, 0) is 24.3 Å². The Labute approximate surface area is 119 Å². The molecule has 1 amide bonds. The average Bonchev–Trinajstić information content (AvgIpc) is 2.99. The molecule has 2 fully saturated rings. The van der Waals surface area contributed by atoms with Gasteiger partial charge in [0.1, 0.15) is 6.10 Å². The van der Waals surface area contributed by atoms with Gasteiger partial charge in [-0.25, -0.2) is 8.42 Å². The number of methoxy groups -OCH3 is 1. The van der Waals surface area contributed by atoms with Crippen LogP contribution in [0.25, 0.3) is 0 Å². The smallest absolute Gasteiger partial charge is 0.251 e. The van der Waals surface area contributed by atoms with E-state index in [9.17, 15) is 13.2 Å². The van der Waals surface area contributed by atoms with Gasteiger partial charge < -0.3 is 14.4 Å². The Balaban J connectivity index is 1.84. The Morgan fingerprint density at radius 1 is 1.30 bits per heavy atom. The van der Waals surface area contributed by atoms with Crippen LogP contribution in [0.2, 0.25) is 0 Å². The molecule has 0 aliphatic carbocycles. The van der Waals surface area contributed by atoms with Crippen molar-refractivity contribution in [1.82, 2.24) is 9.21 Å². The molecule has 0 bridgehead atoms. The van der Waals surface area contributed by atoms with E-state index in [2.05, 4.69) is 0 Å². The lowest BCUT2D eigenvalue weighted by molar-refractivity contribution is -0.142. The minimum absolute atomic E-state index is 0.00330. The normalized spacial score (nSPS) is 25.1. The van der Waals surface area contributed by atoms with Crippen molar-refractivity contribution < 1.29 is 22.7 Å². The average molecular weight is 306 g/mol. The van der Waals surface area contributed by atoms with Crippen LogP contribution in [0.5, 0.6) is 0 Å². The summed E-state index contributed by atoms with van der Waals surface area (Å²) in [6.07, 6.45) is 1.36. The molecule has 0 N–H and O–H groups in total. The highest BCUT2D eigenvalue weighted by Gasteiger charge is 2.33. The molecular formula is C12H22N2O5S. The van der Waals surface area contributed by atoms with E-state index in [1.54, 1.807) is 4.90 Å². The molecule has 2 heterocycles. The highest BCUT2D eigenvalue weighted by molar-refractivity contribution is 7.89. The monoisotopic (exact) mass is 306 g/mol. The van der Waals surface area contributed by atoms with Crippen LogP contribution >= 0.6 is 0 Å². The second-order valence-corrected chi connectivity index (χ2v) is 7.12. The summed E-state index contributed by atoms with van der Waals surface area (Å²) in [5.74, 6) is -0.0140. The van der Waals surface area contributed by atoms with E-state index in [1.807, 2.05) is 0 Å². The minimum Gasteiger partial charge on any atom is -0.384 e. The zero-order chi connectivity index (χ0) is 14.6. The zero-order valence-electron chi connectivity index (χ0n) is 11.8. The van der Waals surface area contributed by atoms with Gasteiger partial charge in [-0.2, -0.15) is 4.31 Å². The number of hydrogen-bond donors (Lipinski definition) is 0. The van der Waals surface area contributed by atoms with E-state index in [0.29, 0.717) is 32.8 Å². The molecule has 0 spiro atoms. The van der Waals surface area contributed by atoms with Crippen LogP contribution in [0.1, 0.15) is 12.8 Å². The number of ether oxygens (including phenoxy) is 2. The van der Waals surface area contributed by atoms with Crippen LogP contribution in [0.4, 0.5) is 0 Å². The third kappa shape index (κ3) is 3.69. The molecule has 2 aliphatic rings. The third-order valence-corrected chi connectivity index (χ3v) is 5.53. The topological polar surface area (TPSA) is 76.2 Å². The standard InChI is InChI=1S/C12H22N2O5S/c1-18-9-10-20(16,17)14-6-4-13(5-7-14)12(15)11-3-2-8-19-11/h11H,2-10H2,1H3. The molecule has 0 aromatic carbocycles. The molecule has 0 radical (unpaired) electrons. The Morgan fingerprint density at radius 2 is 2.00 bits per heavy atom. The maximum Gasteiger partial charge on any atom is 0.251 e. The fraction of sp³-hybridized carbons (Fsp3) is 0.917. The van der Waals surface area contributed by atoms with Gasteiger partial charge in [0, 0.05) is 39.9 Å². The largest absolute Gasteiger partial charge is 0.384 e. The molecule has 2 rings (SSSR count). The molecule has 0 aromatic heterocycles. The molecule has 1 unspecified atom stereocenters. The van der Waals surface area contributed by atoms with Gasteiger partial charge in [0.2, 0.25) is 10.0 Å². The Hall–Kier alpha value is -0.700. The first kappa shape index (κ1) is 15.7. The minimum atomic E-state index is -3.27. The Bertz CT molecular complexity index is 425. The highest BCUT2D eigenvalue weighted by atomic mass is 32.2. The summed E-state index contributed by atoms with van der Waals surface area (Å²) in [5.41, 5.74) is 0. The van der Waals surface area contributed by atoms with Crippen molar-refractivity contribution in [2.75, 3.05) is 52.3 Å². The number of amides is 1. The number of sulfonamides is 1. The van der Waals surface area contributed by atoms with Gasteiger partial charge in [-0.1, -0.05) is 0 Å². The van der Waals surface area contributed by atoms with Crippen LogP contribution in [-0.4, -0.2) is 81.9 Å². The summed E-state index contributed by atoms with van der Waals surface area (Å²) in [7, 11) is -1.79. The van der Waals surface area contributed by atoms with E-state index >= 15 is 0 Å². The molecule has 116 valence electrons. The van der Waals surface area contributed by atoms with Gasteiger partial charge >= 0.3 is 0 Å². The van der Waals surface area contributed by atoms with Gasteiger partial charge in [-0.05, 0) is 12.8 Å². The third-order valence-electron chi connectivity index (χ3n) is 3.69. The van der Waals surface area contributed by atoms with Gasteiger partial charge in [-0.15, -0.1) is 0 Å². The lowest BCUT2D eigenvalue weighted by Gasteiger charge is -2.35. The number of rotatable bonds is 5. The van der Waals surface area contributed by atoms with Gasteiger partial charge in [0.25, 0.3) is 5.91 Å². The Kier molecular flexibility index (Phi) is 5.36. The maximum absolute atomic E-state index is 12.1. The number of hydrogen-bond acceptors (Lipinski definition) is 5. The number of piperazine rings is 1. The SMILES string of the molecule is COCCS(=O)(=O)N1CCN(C(=O)C2CCCO2)CC1. The molecule has 1 atom stereocenters. The summed E-state index contributed by atoms with van der Waals surface area (Å²) in [5, 5.41) is 0. The fourth-order valence-corrected chi connectivity index (χ4v) is 3.84. The summed E-state index contributed by atoms with van der Waals surface area (Å²) in [4.78, 5) is 13.8. The first-order valence-corrected chi connectivity index (χ1v) is 8.52.